The van der Waals surface area contributed by atoms with Gasteiger partial charge in [-0.15, -0.1) is 0 Å². The topological polar surface area (TPSA) is 76.1 Å². The minimum absolute atomic E-state index is 0.0860. The molecule has 0 heterocycles. The van der Waals surface area contributed by atoms with Gasteiger partial charge in [0, 0.05) is 24.7 Å². The molecule has 20 heavy (non-hydrogen) atoms. The maximum Gasteiger partial charge on any atom is 0.243 e. The van der Waals surface area contributed by atoms with Crippen LogP contribution in [0.15, 0.2) is 17.0 Å². The molecule has 0 amide bonds. The van der Waals surface area contributed by atoms with Gasteiger partial charge in [-0.1, -0.05) is 13.8 Å². The maximum absolute atomic E-state index is 12.5. The molecule has 0 saturated heterocycles. The van der Waals surface area contributed by atoms with Crippen LogP contribution in [0.3, 0.4) is 0 Å². The first kappa shape index (κ1) is 16.7. The van der Waals surface area contributed by atoms with E-state index in [0.29, 0.717) is 24.4 Å². The van der Waals surface area contributed by atoms with Crippen LogP contribution in [-0.2, 0) is 16.6 Å². The lowest BCUT2D eigenvalue weighted by Gasteiger charge is -2.20. The fourth-order valence-corrected chi connectivity index (χ4v) is 3.52. The van der Waals surface area contributed by atoms with E-state index in [1.165, 1.54) is 30.7 Å². The largest absolute Gasteiger partial charge is 0.493 e. The monoisotopic (exact) mass is 303 g/mol. The molecule has 0 bridgehead atoms. The number of ether oxygens (including phenoxy) is 2. The molecule has 6 nitrogen and oxygen atoms in total. The average molecular weight is 303 g/mol. The van der Waals surface area contributed by atoms with Gasteiger partial charge in [0.2, 0.25) is 10.0 Å². The number of sulfonamides is 1. The number of aliphatic hydroxyl groups is 1. The van der Waals surface area contributed by atoms with Crippen LogP contribution < -0.4 is 9.47 Å². The summed E-state index contributed by atoms with van der Waals surface area (Å²) in [6.45, 7) is 3.97. The van der Waals surface area contributed by atoms with Gasteiger partial charge < -0.3 is 14.6 Å². The third-order valence-corrected chi connectivity index (χ3v) is 5.07. The van der Waals surface area contributed by atoms with Gasteiger partial charge in [0.15, 0.2) is 11.5 Å². The summed E-state index contributed by atoms with van der Waals surface area (Å²) in [6, 6.07) is 2.82. The molecule has 0 spiro atoms. The molecular weight excluding hydrogens is 282 g/mol. The number of rotatable bonds is 7. The third-order valence-electron chi connectivity index (χ3n) is 3.04. The lowest BCUT2D eigenvalue weighted by Crippen LogP contribution is -2.30. The summed E-state index contributed by atoms with van der Waals surface area (Å²) in [4.78, 5) is 0.0860. The summed E-state index contributed by atoms with van der Waals surface area (Å²) in [5.41, 5.74) is 0.373. The van der Waals surface area contributed by atoms with Gasteiger partial charge in [0.1, 0.15) is 0 Å². The Morgan fingerprint density at radius 1 is 1.15 bits per heavy atom. The highest BCUT2D eigenvalue weighted by Gasteiger charge is 2.25. The molecule has 0 aliphatic carbocycles. The second-order valence-electron chi connectivity index (χ2n) is 4.07. The highest BCUT2D eigenvalue weighted by atomic mass is 32.2. The summed E-state index contributed by atoms with van der Waals surface area (Å²) in [6.07, 6.45) is 0. The lowest BCUT2D eigenvalue weighted by atomic mass is 10.2. The molecule has 0 aromatic heterocycles. The zero-order chi connectivity index (χ0) is 15.3. The van der Waals surface area contributed by atoms with E-state index in [1.807, 2.05) is 0 Å². The summed E-state index contributed by atoms with van der Waals surface area (Å²) >= 11 is 0. The Hall–Kier alpha value is -1.31. The molecule has 7 heteroatoms. The minimum atomic E-state index is -3.60. The van der Waals surface area contributed by atoms with E-state index in [2.05, 4.69) is 0 Å². The lowest BCUT2D eigenvalue weighted by molar-refractivity contribution is 0.269. The normalized spacial score (nSPS) is 11.7. The smallest absolute Gasteiger partial charge is 0.243 e. The van der Waals surface area contributed by atoms with Crippen molar-refractivity contribution >= 4 is 10.0 Å². The van der Waals surface area contributed by atoms with Gasteiger partial charge in [0.05, 0.1) is 25.7 Å². The fourth-order valence-electron chi connectivity index (χ4n) is 1.99. The van der Waals surface area contributed by atoms with Gasteiger partial charge in [-0.3, -0.25) is 0 Å². The first-order valence-electron chi connectivity index (χ1n) is 6.32. The molecule has 1 aromatic carbocycles. The molecule has 1 aromatic rings. The van der Waals surface area contributed by atoms with Crippen LogP contribution in [0.2, 0.25) is 0 Å². The van der Waals surface area contributed by atoms with Crippen molar-refractivity contribution in [1.82, 2.24) is 4.31 Å². The summed E-state index contributed by atoms with van der Waals surface area (Å²) in [5, 5.41) is 9.37. The number of hydrogen-bond donors (Lipinski definition) is 1. The highest BCUT2D eigenvalue weighted by molar-refractivity contribution is 7.89. The first-order chi connectivity index (χ1) is 9.45. The Bertz CT molecular complexity index is 527. The standard InChI is InChI=1S/C13H21NO5S/c1-5-14(6-2)20(16,17)11-7-10(9-15)13(19-4)12(8-11)18-3/h7-8,15H,5-6,9H2,1-4H3. The van der Waals surface area contributed by atoms with E-state index in [1.54, 1.807) is 13.8 Å². The van der Waals surface area contributed by atoms with Crippen LogP contribution in [0.4, 0.5) is 0 Å². The Balaban J connectivity index is 3.47. The van der Waals surface area contributed by atoms with Gasteiger partial charge in [-0.25, -0.2) is 8.42 Å². The molecule has 0 aliphatic rings. The van der Waals surface area contributed by atoms with E-state index < -0.39 is 10.0 Å². The van der Waals surface area contributed by atoms with Crippen molar-refractivity contribution in [2.45, 2.75) is 25.3 Å². The van der Waals surface area contributed by atoms with Crippen molar-refractivity contribution in [3.63, 3.8) is 0 Å². The summed E-state index contributed by atoms with van der Waals surface area (Å²) in [7, 11) is -0.741. The van der Waals surface area contributed by atoms with E-state index in [0.717, 1.165) is 0 Å². The fraction of sp³-hybridized carbons (Fsp3) is 0.538. The Morgan fingerprint density at radius 2 is 1.75 bits per heavy atom. The van der Waals surface area contributed by atoms with Crippen LogP contribution in [0.5, 0.6) is 11.5 Å². The van der Waals surface area contributed by atoms with Crippen LogP contribution in [0.25, 0.3) is 0 Å². The second kappa shape index (κ2) is 6.92. The van der Waals surface area contributed by atoms with Crippen LogP contribution in [-0.4, -0.2) is 45.1 Å². The van der Waals surface area contributed by atoms with Crippen LogP contribution >= 0.6 is 0 Å². The Labute approximate surface area is 120 Å². The predicted octanol–water partition coefficient (Wildman–Crippen LogP) is 1.23. The number of aliphatic hydroxyl groups excluding tert-OH is 1. The van der Waals surface area contributed by atoms with Gasteiger partial charge in [0.25, 0.3) is 0 Å². The molecule has 0 unspecified atom stereocenters. The number of hydrogen-bond acceptors (Lipinski definition) is 5. The van der Waals surface area contributed by atoms with Crippen molar-refractivity contribution in [3.05, 3.63) is 17.7 Å². The Morgan fingerprint density at radius 3 is 2.15 bits per heavy atom. The quantitative estimate of drug-likeness (QED) is 0.820. The zero-order valence-electron chi connectivity index (χ0n) is 12.2. The Kier molecular flexibility index (Phi) is 5.79. The molecular formula is C13H21NO5S. The van der Waals surface area contributed by atoms with Gasteiger partial charge in [-0.2, -0.15) is 4.31 Å². The molecule has 0 saturated carbocycles. The van der Waals surface area contributed by atoms with E-state index in [-0.39, 0.29) is 17.3 Å². The molecule has 0 aliphatic heterocycles. The molecule has 1 rings (SSSR count). The van der Waals surface area contributed by atoms with Crippen molar-refractivity contribution in [3.8, 4) is 11.5 Å². The molecule has 0 fully saturated rings. The number of nitrogens with zero attached hydrogens (tertiary/aromatic N) is 1. The summed E-state index contributed by atoms with van der Waals surface area (Å²) < 4.78 is 36.6. The number of methoxy groups -OCH3 is 2. The summed E-state index contributed by atoms with van der Waals surface area (Å²) in [5.74, 6) is 0.623. The molecule has 114 valence electrons. The first-order valence-corrected chi connectivity index (χ1v) is 7.76. The maximum atomic E-state index is 12.5. The third kappa shape index (κ3) is 3.05. The van der Waals surface area contributed by atoms with Crippen molar-refractivity contribution in [1.29, 1.82) is 0 Å². The van der Waals surface area contributed by atoms with Crippen LogP contribution in [0.1, 0.15) is 19.4 Å². The van der Waals surface area contributed by atoms with Gasteiger partial charge in [-0.05, 0) is 6.07 Å². The average Bonchev–Trinajstić information content (AvgIpc) is 2.46. The van der Waals surface area contributed by atoms with Crippen LogP contribution in [0, 0.1) is 0 Å². The van der Waals surface area contributed by atoms with E-state index in [4.69, 9.17) is 9.47 Å². The highest BCUT2D eigenvalue weighted by Crippen LogP contribution is 2.35. The second-order valence-corrected chi connectivity index (χ2v) is 6.00. The zero-order valence-corrected chi connectivity index (χ0v) is 13.0. The van der Waals surface area contributed by atoms with E-state index >= 15 is 0 Å². The SMILES string of the molecule is CCN(CC)S(=O)(=O)c1cc(CO)c(OC)c(OC)c1. The molecule has 0 radical (unpaired) electrons. The van der Waals surface area contributed by atoms with Crippen molar-refractivity contribution < 1.29 is 23.0 Å². The molecule has 0 atom stereocenters. The van der Waals surface area contributed by atoms with Crippen molar-refractivity contribution in [2.75, 3.05) is 27.3 Å². The minimum Gasteiger partial charge on any atom is -0.493 e. The predicted molar refractivity (Wildman–Crippen MR) is 75.6 cm³/mol. The van der Waals surface area contributed by atoms with Gasteiger partial charge >= 0.3 is 0 Å². The van der Waals surface area contributed by atoms with Crippen molar-refractivity contribution in [2.24, 2.45) is 0 Å². The molecule has 1 N–H and O–H groups in total. The number of benzene rings is 1. The van der Waals surface area contributed by atoms with E-state index in [9.17, 15) is 13.5 Å².